The summed E-state index contributed by atoms with van der Waals surface area (Å²) in [4.78, 5) is 6.43. The van der Waals surface area contributed by atoms with Crippen molar-refractivity contribution in [3.63, 3.8) is 0 Å². The van der Waals surface area contributed by atoms with Gasteiger partial charge in [0.05, 0.1) is 11.2 Å². The molecule has 0 spiro atoms. The summed E-state index contributed by atoms with van der Waals surface area (Å²) in [7, 11) is 0. The minimum atomic E-state index is 0.541. The molecule has 0 saturated carbocycles. The van der Waals surface area contributed by atoms with E-state index >= 15 is 0 Å². The Balaban J connectivity index is 1.84. The third-order valence-electron chi connectivity index (χ3n) is 2.98. The molecule has 88 valence electrons. The number of pyridine rings is 1. The van der Waals surface area contributed by atoms with Crippen molar-refractivity contribution in [2.24, 2.45) is 0 Å². The summed E-state index contributed by atoms with van der Waals surface area (Å²) in [5, 5.41) is 0.617. The number of hydrogen-bond donors (Lipinski definition) is 0. The zero-order valence-electron chi connectivity index (χ0n) is 9.69. The van der Waals surface area contributed by atoms with Crippen molar-refractivity contribution in [3.8, 4) is 5.75 Å². The summed E-state index contributed by atoms with van der Waals surface area (Å²) >= 11 is 5.83. The quantitative estimate of drug-likeness (QED) is 0.809. The molecule has 4 heteroatoms. The number of halogens is 1. The van der Waals surface area contributed by atoms with Crippen LogP contribution in [0.1, 0.15) is 20.3 Å². The van der Waals surface area contributed by atoms with E-state index in [4.69, 9.17) is 16.3 Å². The van der Waals surface area contributed by atoms with E-state index in [0.29, 0.717) is 17.1 Å². The van der Waals surface area contributed by atoms with Crippen LogP contribution in [0.2, 0.25) is 5.02 Å². The average Bonchev–Trinajstić information content (AvgIpc) is 2.15. The second-order valence-corrected chi connectivity index (χ2v) is 4.86. The first-order valence-electron chi connectivity index (χ1n) is 5.66. The Labute approximate surface area is 101 Å². The molecule has 2 heterocycles. The molecule has 16 heavy (non-hydrogen) atoms. The van der Waals surface area contributed by atoms with E-state index in [1.165, 1.54) is 13.0 Å². The zero-order valence-corrected chi connectivity index (χ0v) is 10.4. The summed E-state index contributed by atoms with van der Waals surface area (Å²) < 4.78 is 5.68. The lowest BCUT2D eigenvalue weighted by Crippen LogP contribution is -2.54. The van der Waals surface area contributed by atoms with E-state index in [9.17, 15) is 0 Å². The van der Waals surface area contributed by atoms with Crippen molar-refractivity contribution in [2.75, 3.05) is 13.2 Å². The molecule has 1 aromatic heterocycles. The number of nitrogens with zero attached hydrogens (tertiary/aromatic N) is 2. The largest absolute Gasteiger partial charge is 0.490 e. The highest BCUT2D eigenvalue weighted by atomic mass is 35.5. The number of rotatable bonds is 4. The van der Waals surface area contributed by atoms with Crippen LogP contribution in [0.3, 0.4) is 0 Å². The molecular formula is C12H17ClN2O. The molecule has 1 atom stereocenters. The van der Waals surface area contributed by atoms with Crippen LogP contribution in [0.25, 0.3) is 0 Å². The Hall–Kier alpha value is -0.800. The van der Waals surface area contributed by atoms with Gasteiger partial charge in [-0.2, -0.15) is 0 Å². The zero-order chi connectivity index (χ0) is 11.5. The van der Waals surface area contributed by atoms with Crippen LogP contribution in [0.5, 0.6) is 5.75 Å². The molecule has 1 fully saturated rings. The third-order valence-corrected chi connectivity index (χ3v) is 3.18. The summed E-state index contributed by atoms with van der Waals surface area (Å²) in [5.41, 5.74) is 0. The maximum Gasteiger partial charge on any atom is 0.139 e. The summed E-state index contributed by atoms with van der Waals surface area (Å²) in [6.45, 7) is 6.33. The number of aromatic nitrogens is 1. The standard InChI is InChI=1S/C12H17ClN2O/c1-9(2)15-4-3-11(15)8-16-12-5-10(13)6-14-7-12/h5-7,9,11H,3-4,8H2,1-2H3/t11-/m0/s1. The van der Waals surface area contributed by atoms with Crippen molar-refractivity contribution < 1.29 is 4.74 Å². The van der Waals surface area contributed by atoms with Crippen molar-refractivity contribution in [2.45, 2.75) is 32.4 Å². The fourth-order valence-corrected chi connectivity index (χ4v) is 2.15. The predicted molar refractivity (Wildman–Crippen MR) is 65.0 cm³/mol. The summed E-state index contributed by atoms with van der Waals surface area (Å²) in [6.07, 6.45) is 4.52. The highest BCUT2D eigenvalue weighted by molar-refractivity contribution is 6.30. The van der Waals surface area contributed by atoms with Crippen LogP contribution < -0.4 is 4.74 Å². The van der Waals surface area contributed by atoms with Gasteiger partial charge in [0, 0.05) is 30.9 Å². The Morgan fingerprint density at radius 1 is 1.56 bits per heavy atom. The second kappa shape index (κ2) is 5.02. The molecule has 1 aromatic rings. The average molecular weight is 241 g/mol. The first-order chi connectivity index (χ1) is 7.66. The van der Waals surface area contributed by atoms with Crippen LogP contribution >= 0.6 is 11.6 Å². The van der Waals surface area contributed by atoms with E-state index in [1.54, 1.807) is 18.5 Å². The molecule has 0 N–H and O–H groups in total. The van der Waals surface area contributed by atoms with E-state index in [1.807, 2.05) is 0 Å². The molecule has 0 unspecified atom stereocenters. The number of likely N-dealkylation sites (tertiary alicyclic amines) is 1. The van der Waals surface area contributed by atoms with E-state index in [-0.39, 0.29) is 0 Å². The maximum absolute atomic E-state index is 5.83. The fourth-order valence-electron chi connectivity index (χ4n) is 1.98. The first-order valence-corrected chi connectivity index (χ1v) is 6.03. The third kappa shape index (κ3) is 2.66. The Morgan fingerprint density at radius 2 is 2.38 bits per heavy atom. The van der Waals surface area contributed by atoms with Gasteiger partial charge in [-0.3, -0.25) is 9.88 Å². The highest BCUT2D eigenvalue weighted by Crippen LogP contribution is 2.22. The highest BCUT2D eigenvalue weighted by Gasteiger charge is 2.30. The van der Waals surface area contributed by atoms with Crippen LogP contribution in [0, 0.1) is 0 Å². The predicted octanol–water partition coefficient (Wildman–Crippen LogP) is 2.60. The molecule has 0 aliphatic carbocycles. The van der Waals surface area contributed by atoms with E-state index in [2.05, 4.69) is 23.7 Å². The van der Waals surface area contributed by atoms with Gasteiger partial charge < -0.3 is 4.74 Å². The second-order valence-electron chi connectivity index (χ2n) is 4.42. The van der Waals surface area contributed by atoms with Crippen LogP contribution in [-0.4, -0.2) is 35.1 Å². The Kier molecular flexibility index (Phi) is 3.66. The van der Waals surface area contributed by atoms with Crippen molar-refractivity contribution >= 4 is 11.6 Å². The molecule has 2 rings (SSSR count). The number of ether oxygens (including phenoxy) is 1. The van der Waals surface area contributed by atoms with Crippen LogP contribution in [0.4, 0.5) is 0 Å². The molecule has 0 aromatic carbocycles. The van der Waals surface area contributed by atoms with Gasteiger partial charge in [-0.1, -0.05) is 11.6 Å². The van der Waals surface area contributed by atoms with Crippen LogP contribution in [0.15, 0.2) is 18.5 Å². The van der Waals surface area contributed by atoms with Crippen LogP contribution in [-0.2, 0) is 0 Å². The lowest BCUT2D eigenvalue weighted by molar-refractivity contribution is 0.0241. The van der Waals surface area contributed by atoms with Gasteiger partial charge in [-0.05, 0) is 20.3 Å². The van der Waals surface area contributed by atoms with Crippen molar-refractivity contribution in [1.82, 2.24) is 9.88 Å². The topological polar surface area (TPSA) is 25.4 Å². The Bertz CT molecular complexity index is 357. The molecule has 3 nitrogen and oxygen atoms in total. The number of hydrogen-bond acceptors (Lipinski definition) is 3. The Morgan fingerprint density at radius 3 is 2.94 bits per heavy atom. The van der Waals surface area contributed by atoms with Gasteiger partial charge >= 0.3 is 0 Å². The summed E-state index contributed by atoms with van der Waals surface area (Å²) in [5.74, 6) is 0.753. The molecule has 1 aliphatic heterocycles. The summed E-state index contributed by atoms with van der Waals surface area (Å²) in [6, 6.07) is 2.94. The SMILES string of the molecule is CC(C)N1CC[C@H]1COc1cncc(Cl)c1. The van der Waals surface area contributed by atoms with E-state index < -0.39 is 0 Å². The van der Waals surface area contributed by atoms with E-state index in [0.717, 1.165) is 12.4 Å². The fraction of sp³-hybridized carbons (Fsp3) is 0.583. The van der Waals surface area contributed by atoms with Crippen molar-refractivity contribution in [3.05, 3.63) is 23.5 Å². The molecular weight excluding hydrogens is 224 g/mol. The van der Waals surface area contributed by atoms with Gasteiger partial charge in [0.15, 0.2) is 0 Å². The lowest BCUT2D eigenvalue weighted by Gasteiger charge is -2.43. The maximum atomic E-state index is 5.83. The van der Waals surface area contributed by atoms with Gasteiger partial charge in [0.25, 0.3) is 0 Å². The molecule has 0 radical (unpaired) electrons. The minimum absolute atomic E-state index is 0.541. The minimum Gasteiger partial charge on any atom is -0.490 e. The van der Waals surface area contributed by atoms with Gasteiger partial charge in [0.2, 0.25) is 0 Å². The van der Waals surface area contributed by atoms with Crippen molar-refractivity contribution in [1.29, 1.82) is 0 Å². The molecule has 0 bridgehead atoms. The smallest absolute Gasteiger partial charge is 0.139 e. The van der Waals surface area contributed by atoms with Gasteiger partial charge in [-0.25, -0.2) is 0 Å². The normalized spacial score (nSPS) is 20.9. The lowest BCUT2D eigenvalue weighted by atomic mass is 10.0. The first kappa shape index (κ1) is 11.7. The van der Waals surface area contributed by atoms with Gasteiger partial charge in [0.1, 0.15) is 12.4 Å². The molecule has 1 aliphatic rings. The van der Waals surface area contributed by atoms with Gasteiger partial charge in [-0.15, -0.1) is 0 Å². The molecule has 0 amide bonds. The monoisotopic (exact) mass is 240 g/mol. The molecule has 1 saturated heterocycles.